The van der Waals surface area contributed by atoms with Gasteiger partial charge < -0.3 is 10.6 Å². The zero-order valence-electron chi connectivity index (χ0n) is 10.8. The van der Waals surface area contributed by atoms with Gasteiger partial charge in [0.2, 0.25) is 0 Å². The third-order valence-corrected chi connectivity index (χ3v) is 5.53. The van der Waals surface area contributed by atoms with Crippen LogP contribution in [0.1, 0.15) is 15.8 Å². The highest BCUT2D eigenvalue weighted by molar-refractivity contribution is 9.10. The highest BCUT2D eigenvalue weighted by atomic mass is 79.9. The van der Waals surface area contributed by atoms with Crippen molar-refractivity contribution in [2.24, 2.45) is 10.7 Å². The van der Waals surface area contributed by atoms with Gasteiger partial charge in [-0.05, 0) is 53.2 Å². The quantitative estimate of drug-likeness (QED) is 0.891. The van der Waals surface area contributed by atoms with Crippen molar-refractivity contribution in [2.75, 3.05) is 11.4 Å². The molecule has 1 aromatic carbocycles. The average Bonchev–Trinajstić information content (AvgIpc) is 2.95. The van der Waals surface area contributed by atoms with E-state index in [1.54, 1.807) is 23.5 Å². The van der Waals surface area contributed by atoms with E-state index in [0.29, 0.717) is 12.5 Å². The lowest BCUT2D eigenvalue weighted by Gasteiger charge is -2.25. The van der Waals surface area contributed by atoms with Crippen LogP contribution >= 0.6 is 27.3 Å². The lowest BCUT2D eigenvalue weighted by molar-refractivity contribution is 0.627. The number of halogens is 2. The number of thiophene rings is 1. The van der Waals surface area contributed by atoms with Gasteiger partial charge in [-0.1, -0.05) is 0 Å². The minimum Gasteiger partial charge on any atom is -0.369 e. The Morgan fingerprint density at radius 2 is 2.10 bits per heavy atom. The zero-order chi connectivity index (χ0) is 14.3. The number of nitrogens with zero attached hydrogens (tertiary/aromatic N) is 2. The summed E-state index contributed by atoms with van der Waals surface area (Å²) in [6.45, 7) is 2.69. The van der Waals surface area contributed by atoms with E-state index in [9.17, 15) is 4.39 Å². The lowest BCUT2D eigenvalue weighted by atomic mass is 10.2. The Kier molecular flexibility index (Phi) is 3.52. The number of anilines is 1. The van der Waals surface area contributed by atoms with Crippen LogP contribution in [0.4, 0.5) is 10.1 Å². The molecule has 1 unspecified atom stereocenters. The highest BCUT2D eigenvalue weighted by Crippen LogP contribution is 2.37. The smallest absolute Gasteiger partial charge is 0.196 e. The van der Waals surface area contributed by atoms with Gasteiger partial charge in [-0.15, -0.1) is 11.3 Å². The molecule has 0 bridgehead atoms. The molecular weight excluding hydrogens is 341 g/mol. The fraction of sp³-hybridized carbons (Fsp3) is 0.214. The minimum atomic E-state index is -0.255. The Balaban J connectivity index is 1.98. The molecule has 2 heterocycles. The van der Waals surface area contributed by atoms with Crippen LogP contribution in [0.25, 0.3) is 0 Å². The van der Waals surface area contributed by atoms with Gasteiger partial charge in [-0.2, -0.15) is 0 Å². The number of benzene rings is 1. The molecule has 1 aromatic heterocycles. The highest BCUT2D eigenvalue weighted by Gasteiger charge is 2.30. The van der Waals surface area contributed by atoms with Crippen LogP contribution in [0, 0.1) is 12.7 Å². The van der Waals surface area contributed by atoms with Crippen LogP contribution in [0.5, 0.6) is 0 Å². The monoisotopic (exact) mass is 353 g/mol. The molecule has 104 valence electrons. The molecule has 1 aliphatic heterocycles. The summed E-state index contributed by atoms with van der Waals surface area (Å²) in [5.74, 6) is 0.221. The molecule has 1 aliphatic rings. The third kappa shape index (κ3) is 2.33. The van der Waals surface area contributed by atoms with Gasteiger partial charge in [0, 0.05) is 19.9 Å². The second-order valence-corrected chi connectivity index (χ2v) is 6.76. The van der Waals surface area contributed by atoms with Crippen molar-refractivity contribution in [1.82, 2.24) is 0 Å². The number of guanidine groups is 1. The number of aryl methyl sites for hydroxylation is 1. The van der Waals surface area contributed by atoms with E-state index in [0.717, 1.165) is 10.2 Å². The summed E-state index contributed by atoms with van der Waals surface area (Å²) in [5, 5.41) is 0. The Hall–Kier alpha value is -1.40. The summed E-state index contributed by atoms with van der Waals surface area (Å²) in [6.07, 6.45) is 0. The van der Waals surface area contributed by atoms with Gasteiger partial charge in [-0.25, -0.2) is 4.39 Å². The summed E-state index contributed by atoms with van der Waals surface area (Å²) in [4.78, 5) is 8.71. The summed E-state index contributed by atoms with van der Waals surface area (Å²) in [6, 6.07) is 8.52. The molecule has 0 aliphatic carbocycles. The molecular formula is C14H13BrFN3S. The van der Waals surface area contributed by atoms with Crippen molar-refractivity contribution in [2.45, 2.75) is 13.0 Å². The van der Waals surface area contributed by atoms with Crippen molar-refractivity contribution in [1.29, 1.82) is 0 Å². The van der Waals surface area contributed by atoms with Crippen molar-refractivity contribution in [3.8, 4) is 0 Å². The van der Waals surface area contributed by atoms with Crippen molar-refractivity contribution in [3.63, 3.8) is 0 Å². The number of aliphatic imine (C=N–C) groups is 1. The second kappa shape index (κ2) is 5.18. The summed E-state index contributed by atoms with van der Waals surface area (Å²) < 4.78 is 14.2. The largest absolute Gasteiger partial charge is 0.369 e. The number of hydrogen-bond donors (Lipinski definition) is 1. The molecule has 0 amide bonds. The predicted octanol–water partition coefficient (Wildman–Crippen LogP) is 3.83. The number of rotatable bonds is 2. The van der Waals surface area contributed by atoms with Crippen LogP contribution in [-0.4, -0.2) is 12.5 Å². The van der Waals surface area contributed by atoms with E-state index < -0.39 is 0 Å². The topological polar surface area (TPSA) is 41.6 Å². The van der Waals surface area contributed by atoms with E-state index in [-0.39, 0.29) is 11.9 Å². The van der Waals surface area contributed by atoms with Crippen molar-refractivity contribution in [3.05, 3.63) is 50.4 Å². The first-order chi connectivity index (χ1) is 9.56. The van der Waals surface area contributed by atoms with Crippen molar-refractivity contribution >= 4 is 38.9 Å². The Morgan fingerprint density at radius 1 is 1.40 bits per heavy atom. The van der Waals surface area contributed by atoms with Crippen LogP contribution in [0.3, 0.4) is 0 Å². The van der Waals surface area contributed by atoms with Gasteiger partial charge in [0.15, 0.2) is 5.96 Å². The Morgan fingerprint density at radius 3 is 2.70 bits per heavy atom. The zero-order valence-corrected chi connectivity index (χ0v) is 13.2. The minimum absolute atomic E-state index is 0.0791. The standard InChI is InChI=1S/C14H13BrFN3S/c1-8-11(15)6-13(20-8)12-7-18-14(17)19(12)10-4-2-9(16)3-5-10/h2-6,12H,7H2,1H3,(H2,17,18). The molecule has 0 saturated carbocycles. The van der Waals surface area contributed by atoms with E-state index in [1.807, 2.05) is 4.90 Å². The molecule has 0 saturated heterocycles. The first-order valence-corrected chi connectivity index (χ1v) is 7.78. The van der Waals surface area contributed by atoms with E-state index in [1.165, 1.54) is 21.9 Å². The maximum Gasteiger partial charge on any atom is 0.196 e. The molecule has 3 rings (SSSR count). The van der Waals surface area contributed by atoms with E-state index in [4.69, 9.17) is 5.73 Å². The SMILES string of the molecule is Cc1sc(C2CN=C(N)N2c2ccc(F)cc2)cc1Br. The molecule has 6 heteroatoms. The average molecular weight is 354 g/mol. The van der Waals surface area contributed by atoms with E-state index >= 15 is 0 Å². The first-order valence-electron chi connectivity index (χ1n) is 6.17. The number of hydrogen-bond acceptors (Lipinski definition) is 4. The van der Waals surface area contributed by atoms with Crippen LogP contribution in [-0.2, 0) is 0 Å². The number of nitrogens with two attached hydrogens (primary N) is 1. The van der Waals surface area contributed by atoms with Crippen LogP contribution < -0.4 is 10.6 Å². The summed E-state index contributed by atoms with van der Waals surface area (Å²) in [7, 11) is 0. The normalized spacial score (nSPS) is 18.4. The second-order valence-electron chi connectivity index (χ2n) is 4.61. The van der Waals surface area contributed by atoms with Crippen LogP contribution in [0.2, 0.25) is 0 Å². The lowest BCUT2D eigenvalue weighted by Crippen LogP contribution is -2.35. The summed E-state index contributed by atoms with van der Waals surface area (Å²) >= 11 is 5.26. The van der Waals surface area contributed by atoms with Gasteiger partial charge in [0.05, 0.1) is 12.6 Å². The maximum atomic E-state index is 13.1. The van der Waals surface area contributed by atoms with Gasteiger partial charge in [0.1, 0.15) is 5.82 Å². The Labute approximate surface area is 129 Å². The summed E-state index contributed by atoms with van der Waals surface area (Å²) in [5.41, 5.74) is 6.86. The van der Waals surface area contributed by atoms with Gasteiger partial charge in [-0.3, -0.25) is 4.99 Å². The molecule has 20 heavy (non-hydrogen) atoms. The molecule has 2 N–H and O–H groups in total. The maximum absolute atomic E-state index is 13.1. The fourth-order valence-corrected chi connectivity index (χ4v) is 3.92. The molecule has 2 aromatic rings. The van der Waals surface area contributed by atoms with E-state index in [2.05, 4.69) is 33.9 Å². The molecule has 0 radical (unpaired) electrons. The van der Waals surface area contributed by atoms with Crippen LogP contribution in [0.15, 0.2) is 39.8 Å². The third-order valence-electron chi connectivity index (χ3n) is 3.29. The predicted molar refractivity (Wildman–Crippen MR) is 84.9 cm³/mol. The Bertz CT molecular complexity index is 646. The fourth-order valence-electron chi connectivity index (χ4n) is 2.27. The molecule has 1 atom stereocenters. The van der Waals surface area contributed by atoms with Crippen molar-refractivity contribution < 1.29 is 4.39 Å². The van der Waals surface area contributed by atoms with Gasteiger partial charge >= 0.3 is 0 Å². The molecule has 0 fully saturated rings. The first kappa shape index (κ1) is 13.6. The molecule has 0 spiro atoms. The molecule has 3 nitrogen and oxygen atoms in total. The van der Waals surface area contributed by atoms with Gasteiger partial charge in [0.25, 0.3) is 0 Å².